The van der Waals surface area contributed by atoms with Gasteiger partial charge in [0.1, 0.15) is 18.5 Å². The number of imidazole rings is 1. The molecule has 0 radical (unpaired) electrons. The first-order chi connectivity index (χ1) is 8.72. The number of nitrogens with zero attached hydrogens (tertiary/aromatic N) is 2. The summed E-state index contributed by atoms with van der Waals surface area (Å²) in [6.07, 6.45) is 1.76. The summed E-state index contributed by atoms with van der Waals surface area (Å²) < 4.78 is 10.6. The van der Waals surface area contributed by atoms with E-state index >= 15 is 0 Å². The smallest absolute Gasteiger partial charge is 0.249 e. The van der Waals surface area contributed by atoms with Gasteiger partial charge in [0.15, 0.2) is 0 Å². The van der Waals surface area contributed by atoms with Crippen molar-refractivity contribution in [1.82, 2.24) is 14.9 Å². The van der Waals surface area contributed by atoms with Gasteiger partial charge in [0.25, 0.3) is 0 Å². The van der Waals surface area contributed by atoms with Crippen molar-refractivity contribution in [1.29, 1.82) is 0 Å². The van der Waals surface area contributed by atoms with E-state index in [-0.39, 0.29) is 18.6 Å². The fourth-order valence-corrected chi connectivity index (χ4v) is 2.00. The van der Waals surface area contributed by atoms with E-state index in [1.807, 2.05) is 13.8 Å². The van der Waals surface area contributed by atoms with Crippen LogP contribution in [0.15, 0.2) is 6.20 Å². The number of carbonyl (C=O) groups excluding carboxylic acids is 1. The van der Waals surface area contributed by atoms with Gasteiger partial charge in [-0.05, 0) is 13.8 Å². The summed E-state index contributed by atoms with van der Waals surface area (Å²) in [6.45, 7) is 6.09. The molecule has 0 unspecified atom stereocenters. The number of hydrogen-bond acceptors (Lipinski definition) is 4. The molecular formula is C12H19N3O3. The molecule has 1 aromatic heterocycles. The zero-order valence-electron chi connectivity index (χ0n) is 10.8. The van der Waals surface area contributed by atoms with Crippen molar-refractivity contribution in [2.45, 2.75) is 19.9 Å². The third-order valence-electron chi connectivity index (χ3n) is 2.92. The largest absolute Gasteiger partial charge is 0.377 e. The summed E-state index contributed by atoms with van der Waals surface area (Å²) in [6, 6.07) is -0.139. The molecule has 1 aliphatic rings. The molecule has 6 heteroatoms. The Morgan fingerprint density at radius 1 is 1.72 bits per heavy atom. The number of nitrogens with one attached hydrogen (secondary N) is 1. The lowest BCUT2D eigenvalue weighted by Crippen LogP contribution is -2.45. The first-order valence-electron chi connectivity index (χ1n) is 6.18. The van der Waals surface area contributed by atoms with Gasteiger partial charge in [-0.2, -0.15) is 0 Å². The van der Waals surface area contributed by atoms with Gasteiger partial charge in [-0.15, -0.1) is 0 Å². The molecule has 0 aromatic carbocycles. The molecule has 1 aromatic rings. The molecule has 1 N–H and O–H groups in total. The third-order valence-corrected chi connectivity index (χ3v) is 2.92. The van der Waals surface area contributed by atoms with E-state index in [0.717, 1.165) is 11.5 Å². The molecule has 2 rings (SSSR count). The Morgan fingerprint density at radius 2 is 2.56 bits per heavy atom. The monoisotopic (exact) mass is 253 g/mol. The summed E-state index contributed by atoms with van der Waals surface area (Å²) in [5.41, 5.74) is 0.979. The second-order valence-electron chi connectivity index (χ2n) is 4.27. The highest BCUT2D eigenvalue weighted by Crippen LogP contribution is 2.21. The highest BCUT2D eigenvalue weighted by atomic mass is 16.5. The maximum atomic E-state index is 12.1. The highest BCUT2D eigenvalue weighted by molar-refractivity contribution is 5.78. The summed E-state index contributed by atoms with van der Waals surface area (Å²) >= 11 is 0. The lowest BCUT2D eigenvalue weighted by Gasteiger charge is -2.34. The highest BCUT2D eigenvalue weighted by Gasteiger charge is 2.30. The number of amides is 1. The molecule has 6 nitrogen and oxygen atoms in total. The molecule has 1 saturated heterocycles. The molecule has 0 aliphatic carbocycles. The van der Waals surface area contributed by atoms with Gasteiger partial charge < -0.3 is 19.4 Å². The molecule has 2 heterocycles. The van der Waals surface area contributed by atoms with Gasteiger partial charge in [0.05, 0.1) is 13.2 Å². The Balaban J connectivity index is 2.08. The van der Waals surface area contributed by atoms with E-state index in [0.29, 0.717) is 26.4 Å². The number of aryl methyl sites for hydroxylation is 1. The van der Waals surface area contributed by atoms with Crippen LogP contribution in [0.1, 0.15) is 24.5 Å². The van der Waals surface area contributed by atoms with E-state index in [9.17, 15) is 4.79 Å². The van der Waals surface area contributed by atoms with Crippen molar-refractivity contribution >= 4 is 5.91 Å². The quantitative estimate of drug-likeness (QED) is 0.855. The predicted molar refractivity (Wildman–Crippen MR) is 65.1 cm³/mol. The Kier molecular flexibility index (Phi) is 4.33. The normalized spacial score (nSPS) is 20.1. The SMILES string of the molecule is CCOCC(=O)N1CCOC[C@@H]1c1ncc(C)[nH]1. The Hall–Kier alpha value is -1.40. The lowest BCUT2D eigenvalue weighted by molar-refractivity contribution is -0.145. The van der Waals surface area contributed by atoms with E-state index < -0.39 is 0 Å². The van der Waals surface area contributed by atoms with Crippen LogP contribution in [0, 0.1) is 6.92 Å². The van der Waals surface area contributed by atoms with E-state index in [2.05, 4.69) is 9.97 Å². The molecule has 1 fully saturated rings. The van der Waals surface area contributed by atoms with Crippen molar-refractivity contribution in [2.24, 2.45) is 0 Å². The van der Waals surface area contributed by atoms with Gasteiger partial charge in [0.2, 0.25) is 5.91 Å². The minimum atomic E-state index is -0.139. The van der Waals surface area contributed by atoms with Crippen LogP contribution in [0.3, 0.4) is 0 Å². The number of carbonyl (C=O) groups is 1. The van der Waals surface area contributed by atoms with Crippen LogP contribution in [-0.4, -0.2) is 53.7 Å². The molecule has 18 heavy (non-hydrogen) atoms. The zero-order valence-corrected chi connectivity index (χ0v) is 10.8. The molecular weight excluding hydrogens is 234 g/mol. The minimum absolute atomic E-state index is 0.0146. The lowest BCUT2D eigenvalue weighted by atomic mass is 10.2. The predicted octanol–water partition coefficient (Wildman–Crippen LogP) is 0.655. The van der Waals surface area contributed by atoms with Crippen LogP contribution in [0.5, 0.6) is 0 Å². The average Bonchev–Trinajstić information content (AvgIpc) is 2.82. The fourth-order valence-electron chi connectivity index (χ4n) is 2.00. The summed E-state index contributed by atoms with van der Waals surface area (Å²) in [4.78, 5) is 21.3. The zero-order chi connectivity index (χ0) is 13.0. The van der Waals surface area contributed by atoms with Crippen molar-refractivity contribution in [2.75, 3.05) is 33.0 Å². The van der Waals surface area contributed by atoms with Crippen LogP contribution < -0.4 is 0 Å². The van der Waals surface area contributed by atoms with Crippen LogP contribution in [0.2, 0.25) is 0 Å². The topological polar surface area (TPSA) is 67.4 Å². The van der Waals surface area contributed by atoms with Crippen molar-refractivity contribution in [3.8, 4) is 0 Å². The van der Waals surface area contributed by atoms with Crippen molar-refractivity contribution < 1.29 is 14.3 Å². The summed E-state index contributed by atoms with van der Waals surface area (Å²) in [7, 11) is 0. The maximum absolute atomic E-state index is 12.1. The number of ether oxygens (including phenoxy) is 2. The van der Waals surface area contributed by atoms with Crippen LogP contribution in [0.4, 0.5) is 0 Å². The second kappa shape index (κ2) is 5.97. The van der Waals surface area contributed by atoms with Gasteiger partial charge in [-0.1, -0.05) is 0 Å². The maximum Gasteiger partial charge on any atom is 0.249 e. The van der Waals surface area contributed by atoms with E-state index in [1.54, 1.807) is 11.1 Å². The van der Waals surface area contributed by atoms with Crippen LogP contribution >= 0.6 is 0 Å². The molecule has 1 atom stereocenters. The number of aromatic amines is 1. The van der Waals surface area contributed by atoms with Gasteiger partial charge in [-0.3, -0.25) is 4.79 Å². The summed E-state index contributed by atoms with van der Waals surface area (Å²) in [5, 5.41) is 0. The molecule has 0 bridgehead atoms. The molecule has 100 valence electrons. The molecule has 1 aliphatic heterocycles. The Bertz CT molecular complexity index is 405. The van der Waals surface area contributed by atoms with Crippen LogP contribution in [0.25, 0.3) is 0 Å². The van der Waals surface area contributed by atoms with Crippen molar-refractivity contribution in [3.63, 3.8) is 0 Å². The van der Waals surface area contributed by atoms with Gasteiger partial charge in [0, 0.05) is 25.0 Å². The minimum Gasteiger partial charge on any atom is -0.377 e. The average molecular weight is 253 g/mol. The number of morpholine rings is 1. The van der Waals surface area contributed by atoms with Gasteiger partial charge >= 0.3 is 0 Å². The van der Waals surface area contributed by atoms with Crippen molar-refractivity contribution in [3.05, 3.63) is 17.7 Å². The first kappa shape index (κ1) is 13.0. The number of H-pyrrole nitrogens is 1. The molecule has 0 spiro atoms. The Morgan fingerprint density at radius 3 is 3.22 bits per heavy atom. The van der Waals surface area contributed by atoms with Gasteiger partial charge in [-0.25, -0.2) is 4.98 Å². The fraction of sp³-hybridized carbons (Fsp3) is 0.667. The van der Waals surface area contributed by atoms with E-state index in [4.69, 9.17) is 9.47 Å². The Labute approximate surface area is 106 Å². The first-order valence-corrected chi connectivity index (χ1v) is 6.18. The number of hydrogen-bond donors (Lipinski definition) is 1. The third kappa shape index (κ3) is 2.88. The number of rotatable bonds is 4. The van der Waals surface area contributed by atoms with Crippen LogP contribution in [-0.2, 0) is 14.3 Å². The summed E-state index contributed by atoms with van der Waals surface area (Å²) in [5.74, 6) is 0.760. The number of aromatic nitrogens is 2. The van der Waals surface area contributed by atoms with E-state index in [1.165, 1.54) is 0 Å². The standard InChI is InChI=1S/C12H19N3O3/c1-3-17-8-11(16)15-4-5-18-7-10(15)12-13-6-9(2)14-12/h6,10H,3-5,7-8H2,1-2H3,(H,13,14)/t10-/m1/s1. The molecule has 0 saturated carbocycles. The molecule has 1 amide bonds. The second-order valence-corrected chi connectivity index (χ2v) is 4.27.